The Morgan fingerprint density at radius 3 is 2.67 bits per heavy atom. The number of nitrogen functional groups attached to an aromatic ring is 1. The minimum absolute atomic E-state index is 0.0531. The number of nitrogens with two attached hydrogens (primary N) is 1. The van der Waals surface area contributed by atoms with E-state index in [0.29, 0.717) is 0 Å². The molecule has 0 spiro atoms. The van der Waals surface area contributed by atoms with Gasteiger partial charge in [-0.2, -0.15) is 4.98 Å². The third kappa shape index (κ3) is 2.31. The fourth-order valence-electron chi connectivity index (χ4n) is 2.46. The van der Waals surface area contributed by atoms with Crippen LogP contribution in [0.15, 0.2) is 24.3 Å². The summed E-state index contributed by atoms with van der Waals surface area (Å²) < 4.78 is 0. The number of aromatic nitrogens is 3. The first-order valence-electron chi connectivity index (χ1n) is 6.34. The maximum atomic E-state index is 12.4. The number of amides is 1. The number of hydrogen-bond donors (Lipinski definition) is 3. The summed E-state index contributed by atoms with van der Waals surface area (Å²) in [4.78, 5) is 28.9. The van der Waals surface area contributed by atoms with Gasteiger partial charge < -0.3 is 15.7 Å². The molecule has 3 rings (SSSR count). The lowest BCUT2D eigenvalue weighted by atomic mass is 9.94. The molecule has 1 atom stereocenters. The second-order valence-corrected chi connectivity index (χ2v) is 4.80. The molecule has 1 aromatic carbocycles. The van der Waals surface area contributed by atoms with Crippen molar-refractivity contribution in [3.63, 3.8) is 0 Å². The summed E-state index contributed by atoms with van der Waals surface area (Å²) in [5, 5.41) is 15.4. The topological polar surface area (TPSA) is 125 Å². The number of carbonyl (C=O) groups is 2. The Bertz CT molecular complexity index is 711. The van der Waals surface area contributed by atoms with Gasteiger partial charge in [-0.05, 0) is 11.1 Å². The Kier molecular flexibility index (Phi) is 3.05. The van der Waals surface area contributed by atoms with Gasteiger partial charge in [-0.15, -0.1) is 5.10 Å². The predicted molar refractivity (Wildman–Crippen MR) is 72.2 cm³/mol. The maximum Gasteiger partial charge on any atom is 0.326 e. The number of nitrogens with one attached hydrogen (secondary N) is 1. The zero-order chi connectivity index (χ0) is 15.0. The average Bonchev–Trinajstić information content (AvgIpc) is 2.91. The maximum absolute atomic E-state index is 12.4. The Hall–Kier alpha value is -2.90. The summed E-state index contributed by atoms with van der Waals surface area (Å²) in [6.07, 6.45) is 0.265. The standard InChI is InChI=1S/C13H13N5O3/c14-13-15-10(16-17-13)11(19)18-6-8-4-2-1-3-7(8)5-9(18)12(20)21/h1-4,9H,5-6H2,(H,20,21)(H3,14,15,16,17)/t9-/m1/s1. The molecular weight excluding hydrogens is 274 g/mol. The van der Waals surface area contributed by atoms with E-state index in [1.807, 2.05) is 24.3 Å². The van der Waals surface area contributed by atoms with Crippen molar-refractivity contribution in [1.82, 2.24) is 20.1 Å². The minimum atomic E-state index is -1.05. The van der Waals surface area contributed by atoms with Gasteiger partial charge in [0.2, 0.25) is 11.8 Å². The van der Waals surface area contributed by atoms with Gasteiger partial charge >= 0.3 is 5.97 Å². The number of rotatable bonds is 2. The fraction of sp³-hybridized carbons (Fsp3) is 0.231. The Morgan fingerprint density at radius 2 is 2.05 bits per heavy atom. The second-order valence-electron chi connectivity index (χ2n) is 4.80. The van der Waals surface area contributed by atoms with Crippen molar-refractivity contribution in [3.05, 3.63) is 41.2 Å². The number of nitrogens with zero attached hydrogens (tertiary/aromatic N) is 3. The number of fused-ring (bicyclic) bond motifs is 1. The highest BCUT2D eigenvalue weighted by molar-refractivity contribution is 5.94. The van der Waals surface area contributed by atoms with Gasteiger partial charge in [0.25, 0.3) is 5.91 Å². The number of carboxylic acid groups (broad SMARTS) is 1. The van der Waals surface area contributed by atoms with E-state index in [1.54, 1.807) is 0 Å². The molecule has 8 nitrogen and oxygen atoms in total. The first-order valence-corrected chi connectivity index (χ1v) is 6.34. The van der Waals surface area contributed by atoms with E-state index in [1.165, 1.54) is 4.90 Å². The third-order valence-corrected chi connectivity index (χ3v) is 3.50. The SMILES string of the molecule is Nc1n[nH]c(C(=O)N2Cc3ccccc3C[C@@H]2C(=O)O)n1. The molecule has 0 bridgehead atoms. The Morgan fingerprint density at radius 1 is 1.33 bits per heavy atom. The number of carbonyl (C=O) groups excluding carboxylic acids is 1. The molecule has 0 unspecified atom stereocenters. The molecule has 2 aromatic rings. The highest BCUT2D eigenvalue weighted by Gasteiger charge is 2.36. The van der Waals surface area contributed by atoms with Crippen LogP contribution in [0.3, 0.4) is 0 Å². The summed E-state index contributed by atoms with van der Waals surface area (Å²) in [5.41, 5.74) is 7.24. The smallest absolute Gasteiger partial charge is 0.326 e. The first-order chi connectivity index (χ1) is 10.1. The number of hydrogen-bond acceptors (Lipinski definition) is 5. The zero-order valence-corrected chi connectivity index (χ0v) is 11.0. The van der Waals surface area contributed by atoms with Gasteiger partial charge in [-0.1, -0.05) is 24.3 Å². The zero-order valence-electron chi connectivity index (χ0n) is 11.0. The molecule has 0 saturated heterocycles. The van der Waals surface area contributed by atoms with E-state index in [4.69, 9.17) is 5.73 Å². The quantitative estimate of drug-likeness (QED) is 0.716. The van der Waals surface area contributed by atoms with Crippen molar-refractivity contribution in [2.45, 2.75) is 19.0 Å². The normalized spacial score (nSPS) is 17.3. The number of H-pyrrole nitrogens is 1. The van der Waals surface area contributed by atoms with Crippen molar-refractivity contribution in [2.24, 2.45) is 0 Å². The number of aliphatic carboxylic acids is 1. The van der Waals surface area contributed by atoms with Gasteiger partial charge in [0.05, 0.1) is 0 Å². The highest BCUT2D eigenvalue weighted by Crippen LogP contribution is 2.24. The van der Waals surface area contributed by atoms with E-state index < -0.39 is 17.9 Å². The average molecular weight is 287 g/mol. The van der Waals surface area contributed by atoms with Crippen LogP contribution in [0.4, 0.5) is 5.95 Å². The summed E-state index contributed by atoms with van der Waals surface area (Å²) in [5.74, 6) is -1.69. The second kappa shape index (κ2) is 4.89. The minimum Gasteiger partial charge on any atom is -0.480 e. The van der Waals surface area contributed by atoms with Crippen LogP contribution in [0.2, 0.25) is 0 Å². The monoisotopic (exact) mass is 287 g/mol. The Balaban J connectivity index is 1.96. The molecule has 0 saturated carbocycles. The molecule has 8 heteroatoms. The van der Waals surface area contributed by atoms with Crippen molar-refractivity contribution in [3.8, 4) is 0 Å². The summed E-state index contributed by atoms with van der Waals surface area (Å²) in [6.45, 7) is 0.215. The molecular formula is C13H13N5O3. The molecule has 4 N–H and O–H groups in total. The summed E-state index contributed by atoms with van der Waals surface area (Å²) in [7, 11) is 0. The van der Waals surface area contributed by atoms with E-state index in [-0.39, 0.29) is 24.7 Å². The van der Waals surface area contributed by atoms with Crippen LogP contribution in [-0.2, 0) is 17.8 Å². The number of aromatic amines is 1. The van der Waals surface area contributed by atoms with Crippen molar-refractivity contribution in [1.29, 1.82) is 0 Å². The van der Waals surface area contributed by atoms with Crippen molar-refractivity contribution < 1.29 is 14.7 Å². The molecule has 2 heterocycles. The van der Waals surface area contributed by atoms with Crippen LogP contribution < -0.4 is 5.73 Å². The first kappa shape index (κ1) is 13.1. The largest absolute Gasteiger partial charge is 0.480 e. The molecule has 1 aliphatic rings. The van der Waals surface area contributed by atoms with Crippen LogP contribution >= 0.6 is 0 Å². The molecule has 1 amide bonds. The summed E-state index contributed by atoms with van der Waals surface area (Å²) >= 11 is 0. The molecule has 108 valence electrons. The lowest BCUT2D eigenvalue weighted by Crippen LogP contribution is -2.48. The van der Waals surface area contributed by atoms with E-state index in [9.17, 15) is 14.7 Å². The molecule has 1 aromatic heterocycles. The molecule has 0 radical (unpaired) electrons. The van der Waals surface area contributed by atoms with Crippen LogP contribution in [-0.4, -0.2) is 43.1 Å². The van der Waals surface area contributed by atoms with E-state index in [0.717, 1.165) is 11.1 Å². The van der Waals surface area contributed by atoms with Crippen LogP contribution in [0.25, 0.3) is 0 Å². The molecule has 0 aliphatic carbocycles. The fourth-order valence-corrected chi connectivity index (χ4v) is 2.46. The van der Waals surface area contributed by atoms with Crippen molar-refractivity contribution in [2.75, 3.05) is 5.73 Å². The van der Waals surface area contributed by atoms with E-state index >= 15 is 0 Å². The number of carboxylic acids is 1. The lowest BCUT2D eigenvalue weighted by Gasteiger charge is -2.33. The van der Waals surface area contributed by atoms with Crippen molar-refractivity contribution >= 4 is 17.8 Å². The predicted octanol–water partition coefficient (Wildman–Crippen LogP) is 0.0386. The number of anilines is 1. The molecule has 1 aliphatic heterocycles. The molecule has 21 heavy (non-hydrogen) atoms. The molecule has 0 fully saturated rings. The van der Waals surface area contributed by atoms with Gasteiger partial charge in [-0.25, -0.2) is 4.79 Å². The van der Waals surface area contributed by atoms with Crippen LogP contribution in [0.5, 0.6) is 0 Å². The number of benzene rings is 1. The van der Waals surface area contributed by atoms with Gasteiger partial charge in [0, 0.05) is 13.0 Å². The third-order valence-electron chi connectivity index (χ3n) is 3.50. The summed E-state index contributed by atoms with van der Waals surface area (Å²) in [6, 6.07) is 6.53. The highest BCUT2D eigenvalue weighted by atomic mass is 16.4. The van der Waals surface area contributed by atoms with Crippen LogP contribution in [0, 0.1) is 0 Å². The Labute approximate surface area is 119 Å². The lowest BCUT2D eigenvalue weighted by molar-refractivity contribution is -0.142. The van der Waals surface area contributed by atoms with Gasteiger partial charge in [-0.3, -0.25) is 9.89 Å². The van der Waals surface area contributed by atoms with Gasteiger partial charge in [0.1, 0.15) is 6.04 Å². The van der Waals surface area contributed by atoms with Crippen LogP contribution in [0.1, 0.15) is 21.7 Å². The van der Waals surface area contributed by atoms with E-state index in [2.05, 4.69) is 15.2 Å². The van der Waals surface area contributed by atoms with Gasteiger partial charge in [0.15, 0.2) is 0 Å².